The maximum absolute atomic E-state index is 5.53. The van der Waals surface area contributed by atoms with E-state index in [1.54, 1.807) is 23.5 Å². The zero-order chi connectivity index (χ0) is 10.4. The second-order valence-electron chi connectivity index (χ2n) is 2.37. The Hall–Kier alpha value is -1.27. The largest absolute Gasteiger partial charge is 0.471 e. The van der Waals surface area contributed by atoms with E-state index in [4.69, 9.17) is 22.7 Å². The number of nitrogens with two attached hydrogens (primary N) is 1. The molecule has 0 saturated carbocycles. The van der Waals surface area contributed by atoms with Crippen LogP contribution in [0.4, 0.5) is 5.82 Å². The Morgan fingerprint density at radius 2 is 2.43 bits per heavy atom. The lowest BCUT2D eigenvalue weighted by Gasteiger charge is -2.20. The first-order valence-electron chi connectivity index (χ1n) is 4.20. The Morgan fingerprint density at radius 3 is 2.93 bits per heavy atom. The molecule has 0 radical (unpaired) electrons. The number of anilines is 1. The zero-order valence-electron chi connectivity index (χ0n) is 7.88. The lowest BCUT2D eigenvalue weighted by atomic mass is 10.6. The summed E-state index contributed by atoms with van der Waals surface area (Å²) < 4.78 is 5.16. The highest BCUT2D eigenvalue weighted by atomic mass is 32.1. The molecule has 0 aliphatic heterocycles. The van der Waals surface area contributed by atoms with Crippen molar-refractivity contribution >= 4 is 23.2 Å². The fourth-order valence-corrected chi connectivity index (χ4v) is 1.18. The van der Waals surface area contributed by atoms with Gasteiger partial charge in [-0.05, 0) is 19.1 Å². The highest BCUT2D eigenvalue weighted by Crippen LogP contribution is 2.07. The van der Waals surface area contributed by atoms with Crippen molar-refractivity contribution in [3.05, 3.63) is 18.6 Å². The minimum Gasteiger partial charge on any atom is -0.471 e. The Kier molecular flexibility index (Phi) is 4.21. The van der Waals surface area contributed by atoms with Crippen LogP contribution in [0.25, 0.3) is 0 Å². The molecule has 0 spiro atoms. The highest BCUT2D eigenvalue weighted by Gasteiger charge is 2.11. The van der Waals surface area contributed by atoms with Crippen LogP contribution in [0.2, 0.25) is 0 Å². The number of ether oxygens (including phenoxy) is 1. The van der Waals surface area contributed by atoms with E-state index in [1.165, 1.54) is 0 Å². The average molecular weight is 212 g/mol. The number of rotatable bonds is 3. The van der Waals surface area contributed by atoms with Crippen molar-refractivity contribution < 1.29 is 4.74 Å². The summed E-state index contributed by atoms with van der Waals surface area (Å²) in [6.45, 7) is 2.59. The molecule has 0 atom stereocenters. The summed E-state index contributed by atoms with van der Waals surface area (Å²) in [5, 5.41) is 0.315. The molecule has 1 rings (SSSR count). The van der Waals surface area contributed by atoms with Gasteiger partial charge in [0.05, 0.1) is 19.5 Å². The lowest BCUT2D eigenvalue weighted by molar-refractivity contribution is 0.327. The van der Waals surface area contributed by atoms with Gasteiger partial charge in [0, 0.05) is 12.4 Å². The van der Waals surface area contributed by atoms with Crippen LogP contribution in [0.5, 0.6) is 0 Å². The molecule has 0 saturated heterocycles. The van der Waals surface area contributed by atoms with Crippen LogP contribution in [-0.2, 0) is 4.74 Å². The lowest BCUT2D eigenvalue weighted by Crippen LogP contribution is -2.36. The first-order valence-corrected chi connectivity index (χ1v) is 4.60. The summed E-state index contributed by atoms with van der Waals surface area (Å²) in [6, 6.07) is 0. The molecule has 0 aliphatic rings. The second-order valence-corrected chi connectivity index (χ2v) is 2.72. The molecule has 0 amide bonds. The zero-order valence-corrected chi connectivity index (χ0v) is 8.70. The van der Waals surface area contributed by atoms with Crippen molar-refractivity contribution in [2.24, 2.45) is 5.73 Å². The first kappa shape index (κ1) is 10.8. The molecule has 6 heteroatoms. The quantitative estimate of drug-likeness (QED) is 0.582. The van der Waals surface area contributed by atoms with Gasteiger partial charge in [-0.3, -0.25) is 9.88 Å². The van der Waals surface area contributed by atoms with Crippen molar-refractivity contribution in [3.8, 4) is 0 Å². The summed E-state index contributed by atoms with van der Waals surface area (Å²) in [7, 11) is 0. The van der Waals surface area contributed by atoms with E-state index in [1.807, 2.05) is 6.92 Å². The monoisotopic (exact) mass is 212 g/mol. The van der Waals surface area contributed by atoms with Crippen LogP contribution in [0.1, 0.15) is 6.92 Å². The van der Waals surface area contributed by atoms with Gasteiger partial charge in [0.2, 0.25) is 0 Å². The smallest absolute Gasteiger partial charge is 0.266 e. The van der Waals surface area contributed by atoms with Crippen molar-refractivity contribution in [1.82, 2.24) is 9.97 Å². The molecule has 1 aromatic rings. The number of nitrogens with zero attached hydrogens (tertiary/aromatic N) is 3. The summed E-state index contributed by atoms with van der Waals surface area (Å²) in [5.41, 5.74) is 5.53. The van der Waals surface area contributed by atoms with Crippen molar-refractivity contribution in [1.29, 1.82) is 0 Å². The van der Waals surface area contributed by atoms with Gasteiger partial charge in [-0.2, -0.15) is 0 Å². The Balaban J connectivity index is 2.77. The van der Waals surface area contributed by atoms with Crippen LogP contribution in [0, 0.1) is 0 Å². The van der Waals surface area contributed by atoms with Gasteiger partial charge in [-0.1, -0.05) is 0 Å². The molecule has 0 aliphatic carbocycles. The Labute approximate surface area is 87.9 Å². The fourth-order valence-electron chi connectivity index (χ4n) is 0.894. The molecule has 0 fully saturated rings. The van der Waals surface area contributed by atoms with Gasteiger partial charge in [0.1, 0.15) is 0 Å². The van der Waals surface area contributed by atoms with Gasteiger partial charge in [0.25, 0.3) is 5.17 Å². The van der Waals surface area contributed by atoms with E-state index in [0.717, 1.165) is 0 Å². The van der Waals surface area contributed by atoms with Crippen LogP contribution in [0.15, 0.2) is 18.6 Å². The molecule has 0 unspecified atom stereocenters. The van der Waals surface area contributed by atoms with Gasteiger partial charge >= 0.3 is 0 Å². The maximum atomic E-state index is 5.53. The minimum absolute atomic E-state index is 0.220. The van der Waals surface area contributed by atoms with Crippen molar-refractivity contribution in [3.63, 3.8) is 0 Å². The van der Waals surface area contributed by atoms with Gasteiger partial charge in [0.15, 0.2) is 5.82 Å². The Morgan fingerprint density at radius 1 is 1.64 bits per heavy atom. The average Bonchev–Trinajstić information content (AvgIpc) is 2.21. The molecule has 1 aromatic heterocycles. The SMILES string of the molecule is CCOC(=S)N(CN)c1cnccn1. The minimum atomic E-state index is 0.220. The fraction of sp³-hybridized carbons (Fsp3) is 0.375. The predicted molar refractivity (Wildman–Crippen MR) is 57.8 cm³/mol. The number of hydrogen-bond acceptors (Lipinski definition) is 5. The molecule has 0 aromatic carbocycles. The van der Waals surface area contributed by atoms with E-state index in [0.29, 0.717) is 17.6 Å². The van der Waals surface area contributed by atoms with E-state index >= 15 is 0 Å². The number of hydrogen-bond donors (Lipinski definition) is 1. The number of aromatic nitrogens is 2. The van der Waals surface area contributed by atoms with Crippen molar-refractivity contribution in [2.75, 3.05) is 18.2 Å². The van der Waals surface area contributed by atoms with Gasteiger partial charge < -0.3 is 10.5 Å². The third-order valence-electron chi connectivity index (χ3n) is 1.50. The third-order valence-corrected chi connectivity index (χ3v) is 1.84. The standard InChI is InChI=1S/C8H12N4OS/c1-2-13-8(14)12(6-9)7-5-10-3-4-11-7/h3-5H,2,6,9H2,1H3. The van der Waals surface area contributed by atoms with Crippen LogP contribution in [0.3, 0.4) is 0 Å². The first-order chi connectivity index (χ1) is 6.79. The van der Waals surface area contributed by atoms with Gasteiger partial charge in [-0.15, -0.1) is 0 Å². The van der Waals surface area contributed by atoms with Crippen molar-refractivity contribution in [2.45, 2.75) is 6.92 Å². The third kappa shape index (κ3) is 2.61. The normalized spacial score (nSPS) is 9.57. The molecule has 2 N–H and O–H groups in total. The molecule has 1 heterocycles. The van der Waals surface area contributed by atoms with E-state index in [2.05, 4.69) is 9.97 Å². The van der Waals surface area contributed by atoms with Crippen LogP contribution < -0.4 is 10.6 Å². The molecule has 76 valence electrons. The van der Waals surface area contributed by atoms with E-state index < -0.39 is 0 Å². The molecule has 5 nitrogen and oxygen atoms in total. The predicted octanol–water partition coefficient (Wildman–Crippen LogP) is 0.521. The summed E-state index contributed by atoms with van der Waals surface area (Å²) >= 11 is 5.01. The van der Waals surface area contributed by atoms with Crippen LogP contribution in [-0.4, -0.2) is 28.4 Å². The molecule has 14 heavy (non-hydrogen) atoms. The number of thiocarbonyl (C=S) groups is 1. The van der Waals surface area contributed by atoms with Crippen LogP contribution >= 0.6 is 12.2 Å². The summed E-state index contributed by atoms with van der Waals surface area (Å²) in [6.07, 6.45) is 4.74. The molecular weight excluding hydrogens is 200 g/mol. The maximum Gasteiger partial charge on any atom is 0.266 e. The second kappa shape index (κ2) is 5.46. The summed E-state index contributed by atoms with van der Waals surface area (Å²) in [5.74, 6) is 0.591. The summed E-state index contributed by atoms with van der Waals surface area (Å²) in [4.78, 5) is 9.57. The van der Waals surface area contributed by atoms with Gasteiger partial charge in [-0.25, -0.2) is 4.98 Å². The highest BCUT2D eigenvalue weighted by molar-refractivity contribution is 7.80. The van der Waals surface area contributed by atoms with E-state index in [9.17, 15) is 0 Å². The van der Waals surface area contributed by atoms with E-state index in [-0.39, 0.29) is 6.67 Å². The Bertz CT molecular complexity index is 293. The topological polar surface area (TPSA) is 64.3 Å². The molecular formula is C8H12N4OS. The molecule has 0 bridgehead atoms.